The predicted octanol–water partition coefficient (Wildman–Crippen LogP) is 3.55. The Morgan fingerprint density at radius 1 is 1.47 bits per heavy atom. The normalized spacial score (nSPS) is 24.5. The average Bonchev–Trinajstić information content (AvgIpc) is 2.65. The molecule has 1 fully saturated rings. The maximum absolute atomic E-state index is 4.26. The second kappa shape index (κ2) is 5.49. The van der Waals surface area contributed by atoms with Crippen molar-refractivity contribution < 1.29 is 0 Å². The molecule has 0 amide bonds. The highest BCUT2D eigenvalue weighted by Crippen LogP contribution is 2.30. The highest BCUT2D eigenvalue weighted by Gasteiger charge is 2.34. The zero-order chi connectivity index (χ0) is 12.3. The first-order chi connectivity index (χ1) is 8.10. The van der Waals surface area contributed by atoms with E-state index in [2.05, 4.69) is 46.1 Å². The molecule has 0 aromatic carbocycles. The zero-order valence-corrected chi connectivity index (χ0v) is 12.3. The van der Waals surface area contributed by atoms with Gasteiger partial charge in [0.1, 0.15) is 0 Å². The predicted molar refractivity (Wildman–Crippen MR) is 75.1 cm³/mol. The minimum absolute atomic E-state index is 0.302. The van der Waals surface area contributed by atoms with E-state index in [4.69, 9.17) is 0 Å². The maximum Gasteiger partial charge on any atom is 0.0410 e. The minimum atomic E-state index is 0.302. The van der Waals surface area contributed by atoms with Crippen LogP contribution in [0.2, 0.25) is 0 Å². The number of nitrogens with one attached hydrogen (secondary N) is 1. The molecule has 2 nitrogen and oxygen atoms in total. The van der Waals surface area contributed by atoms with Crippen LogP contribution in [0.25, 0.3) is 0 Å². The first-order valence-corrected chi connectivity index (χ1v) is 7.23. The Bertz CT molecular complexity index is 370. The second-order valence-electron chi connectivity index (χ2n) is 5.60. The van der Waals surface area contributed by atoms with E-state index in [-0.39, 0.29) is 0 Å². The lowest BCUT2D eigenvalue weighted by molar-refractivity contribution is 0.301. The highest BCUT2D eigenvalue weighted by molar-refractivity contribution is 9.10. The van der Waals surface area contributed by atoms with Crippen LogP contribution in [-0.4, -0.2) is 17.1 Å². The molecule has 1 unspecified atom stereocenters. The second-order valence-corrected chi connectivity index (χ2v) is 6.51. The zero-order valence-electron chi connectivity index (χ0n) is 10.7. The van der Waals surface area contributed by atoms with Crippen molar-refractivity contribution in [2.24, 2.45) is 5.92 Å². The van der Waals surface area contributed by atoms with Gasteiger partial charge in [-0.25, -0.2) is 0 Å². The number of pyridine rings is 1. The van der Waals surface area contributed by atoms with Crippen molar-refractivity contribution in [3.8, 4) is 0 Å². The van der Waals surface area contributed by atoms with Crippen molar-refractivity contribution in [3.63, 3.8) is 0 Å². The lowest BCUT2D eigenvalue weighted by atomic mass is 9.82. The molecule has 0 aliphatic carbocycles. The largest absolute Gasteiger partial charge is 0.311 e. The van der Waals surface area contributed by atoms with Crippen LogP contribution in [0.1, 0.15) is 38.7 Å². The first kappa shape index (κ1) is 13.0. The third-order valence-electron chi connectivity index (χ3n) is 3.44. The Morgan fingerprint density at radius 2 is 2.29 bits per heavy atom. The molecular formula is C14H21BrN2. The topological polar surface area (TPSA) is 24.9 Å². The van der Waals surface area contributed by atoms with Gasteiger partial charge in [0.15, 0.2) is 0 Å². The molecule has 0 saturated carbocycles. The molecule has 1 atom stereocenters. The summed E-state index contributed by atoms with van der Waals surface area (Å²) in [7, 11) is 0. The summed E-state index contributed by atoms with van der Waals surface area (Å²) in [5.41, 5.74) is 1.63. The molecule has 1 saturated heterocycles. The molecule has 2 rings (SSSR count). The van der Waals surface area contributed by atoms with Crippen molar-refractivity contribution in [3.05, 3.63) is 28.5 Å². The van der Waals surface area contributed by atoms with Gasteiger partial charge in [-0.05, 0) is 65.7 Å². The van der Waals surface area contributed by atoms with E-state index in [0.29, 0.717) is 5.54 Å². The van der Waals surface area contributed by atoms with Crippen molar-refractivity contribution in [1.82, 2.24) is 10.3 Å². The summed E-state index contributed by atoms with van der Waals surface area (Å²) >= 11 is 3.50. The van der Waals surface area contributed by atoms with Crippen LogP contribution < -0.4 is 5.32 Å². The molecule has 1 aromatic rings. The Labute approximate surface area is 112 Å². The van der Waals surface area contributed by atoms with Crippen LogP contribution in [0.3, 0.4) is 0 Å². The van der Waals surface area contributed by atoms with E-state index in [1.807, 2.05) is 12.4 Å². The van der Waals surface area contributed by atoms with Gasteiger partial charge in [0.25, 0.3) is 0 Å². The molecule has 17 heavy (non-hydrogen) atoms. The lowest BCUT2D eigenvalue weighted by Crippen LogP contribution is -2.43. The number of hydrogen-bond donors (Lipinski definition) is 1. The van der Waals surface area contributed by atoms with Gasteiger partial charge in [-0.1, -0.05) is 13.8 Å². The first-order valence-electron chi connectivity index (χ1n) is 6.44. The molecule has 1 aliphatic rings. The quantitative estimate of drug-likeness (QED) is 0.919. The van der Waals surface area contributed by atoms with Crippen LogP contribution in [-0.2, 0) is 6.42 Å². The number of nitrogens with zero attached hydrogens (tertiary/aromatic N) is 1. The van der Waals surface area contributed by atoms with E-state index in [0.717, 1.165) is 23.4 Å². The number of rotatable bonds is 4. The fraction of sp³-hybridized carbons (Fsp3) is 0.643. The molecule has 3 heteroatoms. The lowest BCUT2D eigenvalue weighted by Gasteiger charge is -2.31. The van der Waals surface area contributed by atoms with Gasteiger partial charge in [0, 0.05) is 22.4 Å². The minimum Gasteiger partial charge on any atom is -0.311 e. The van der Waals surface area contributed by atoms with E-state index < -0.39 is 0 Å². The Hall–Kier alpha value is -0.410. The van der Waals surface area contributed by atoms with Crippen LogP contribution in [0.4, 0.5) is 0 Å². The van der Waals surface area contributed by atoms with E-state index in [1.54, 1.807) is 0 Å². The third kappa shape index (κ3) is 3.52. The summed E-state index contributed by atoms with van der Waals surface area (Å²) in [5.74, 6) is 0.737. The molecule has 0 spiro atoms. The van der Waals surface area contributed by atoms with Gasteiger partial charge < -0.3 is 5.32 Å². The average molecular weight is 297 g/mol. The molecule has 1 N–H and O–H groups in total. The van der Waals surface area contributed by atoms with Crippen LogP contribution in [0.15, 0.2) is 22.9 Å². The van der Waals surface area contributed by atoms with E-state index >= 15 is 0 Å². The summed E-state index contributed by atoms with van der Waals surface area (Å²) in [4.78, 5) is 4.26. The fourth-order valence-corrected chi connectivity index (χ4v) is 3.40. The van der Waals surface area contributed by atoms with Gasteiger partial charge in [0.2, 0.25) is 0 Å². The molecule has 94 valence electrons. The SMILES string of the molecule is CC(C)CC1(Cc2cncc(Br)c2)CCCN1. The van der Waals surface area contributed by atoms with Gasteiger partial charge in [-0.15, -0.1) is 0 Å². The maximum atomic E-state index is 4.26. The van der Waals surface area contributed by atoms with Crippen molar-refractivity contribution in [2.75, 3.05) is 6.54 Å². The van der Waals surface area contributed by atoms with Crippen molar-refractivity contribution >= 4 is 15.9 Å². The van der Waals surface area contributed by atoms with Crippen LogP contribution >= 0.6 is 15.9 Å². The van der Waals surface area contributed by atoms with Gasteiger partial charge in [-0.2, -0.15) is 0 Å². The van der Waals surface area contributed by atoms with Crippen LogP contribution in [0, 0.1) is 5.92 Å². The smallest absolute Gasteiger partial charge is 0.0410 e. The van der Waals surface area contributed by atoms with E-state index in [1.165, 1.54) is 24.8 Å². The fourth-order valence-electron chi connectivity index (χ4n) is 2.99. The molecule has 2 heterocycles. The summed E-state index contributed by atoms with van der Waals surface area (Å²) in [5, 5.41) is 3.73. The number of aromatic nitrogens is 1. The number of hydrogen-bond acceptors (Lipinski definition) is 2. The van der Waals surface area contributed by atoms with Crippen LogP contribution in [0.5, 0.6) is 0 Å². The Balaban J connectivity index is 2.12. The Morgan fingerprint density at radius 3 is 2.88 bits per heavy atom. The highest BCUT2D eigenvalue weighted by atomic mass is 79.9. The molecule has 1 aromatic heterocycles. The van der Waals surface area contributed by atoms with Crippen molar-refractivity contribution in [1.29, 1.82) is 0 Å². The summed E-state index contributed by atoms with van der Waals surface area (Å²) in [6, 6.07) is 2.19. The van der Waals surface area contributed by atoms with E-state index in [9.17, 15) is 0 Å². The van der Waals surface area contributed by atoms with Crippen molar-refractivity contribution in [2.45, 2.75) is 45.1 Å². The Kier molecular flexibility index (Phi) is 4.21. The summed E-state index contributed by atoms with van der Waals surface area (Å²) < 4.78 is 1.08. The molecule has 0 bridgehead atoms. The number of halogens is 1. The third-order valence-corrected chi connectivity index (χ3v) is 3.87. The summed E-state index contributed by atoms with van der Waals surface area (Å²) in [6.45, 7) is 5.77. The van der Waals surface area contributed by atoms with Gasteiger partial charge in [-0.3, -0.25) is 4.98 Å². The standard InChI is InChI=1S/C14H21BrN2/c1-11(2)7-14(4-3-5-17-14)8-12-6-13(15)10-16-9-12/h6,9-11,17H,3-5,7-8H2,1-2H3. The molecule has 1 aliphatic heterocycles. The van der Waals surface area contributed by atoms with Gasteiger partial charge in [0.05, 0.1) is 0 Å². The molecule has 0 radical (unpaired) electrons. The molecular weight excluding hydrogens is 276 g/mol. The monoisotopic (exact) mass is 296 g/mol. The van der Waals surface area contributed by atoms with Gasteiger partial charge >= 0.3 is 0 Å². The summed E-state index contributed by atoms with van der Waals surface area (Å²) in [6.07, 6.45) is 8.77.